The molecule has 1 heterocycles. The molecule has 1 aromatic carbocycles. The molecule has 0 amide bonds. The van der Waals surface area contributed by atoms with Crippen molar-refractivity contribution in [1.29, 1.82) is 0 Å². The minimum atomic E-state index is 0.699. The number of rotatable bonds is 3. The van der Waals surface area contributed by atoms with Gasteiger partial charge in [0.1, 0.15) is 0 Å². The zero-order chi connectivity index (χ0) is 13.8. The molecule has 1 aliphatic carbocycles. The van der Waals surface area contributed by atoms with Crippen molar-refractivity contribution in [3.05, 3.63) is 34.3 Å². The Kier molecular flexibility index (Phi) is 4.98. The zero-order valence-corrected chi connectivity index (χ0v) is 13.0. The van der Waals surface area contributed by atoms with Crippen molar-refractivity contribution < 1.29 is 0 Å². The normalized spacial score (nSPS) is 22.1. The second kappa shape index (κ2) is 6.93. The number of hydrogen-bond acceptors (Lipinski definition) is 2. The lowest BCUT2D eigenvalue weighted by molar-refractivity contribution is 0.233. The summed E-state index contributed by atoms with van der Waals surface area (Å²) < 4.78 is 0. The standard InChI is InChI=1S/C17H25ClN2/c18-17-12-14(13-20-10-8-19-9-11-20)6-7-16(17)15-4-2-1-3-5-15/h6-7,12,15,19H,1-5,8-11,13H2. The van der Waals surface area contributed by atoms with Crippen LogP contribution in [0.1, 0.15) is 49.1 Å². The Hall–Kier alpha value is -0.570. The summed E-state index contributed by atoms with van der Waals surface area (Å²) in [4.78, 5) is 2.50. The molecule has 0 radical (unpaired) electrons. The molecule has 3 rings (SSSR count). The highest BCUT2D eigenvalue weighted by Gasteiger charge is 2.18. The Balaban J connectivity index is 1.66. The molecule has 20 heavy (non-hydrogen) atoms. The number of nitrogens with one attached hydrogen (secondary N) is 1. The molecule has 0 spiro atoms. The topological polar surface area (TPSA) is 15.3 Å². The van der Waals surface area contributed by atoms with Crippen LogP contribution in [0.3, 0.4) is 0 Å². The van der Waals surface area contributed by atoms with Crippen LogP contribution in [0.4, 0.5) is 0 Å². The third kappa shape index (κ3) is 3.55. The number of halogens is 1. The predicted octanol–water partition coefficient (Wildman–Crippen LogP) is 3.79. The number of benzene rings is 1. The van der Waals surface area contributed by atoms with Crippen LogP contribution < -0.4 is 5.32 Å². The molecule has 0 bridgehead atoms. The maximum Gasteiger partial charge on any atom is 0.0444 e. The van der Waals surface area contributed by atoms with Crippen molar-refractivity contribution in [1.82, 2.24) is 10.2 Å². The fourth-order valence-corrected chi connectivity index (χ4v) is 3.90. The van der Waals surface area contributed by atoms with E-state index in [4.69, 9.17) is 11.6 Å². The SMILES string of the molecule is Clc1cc(CN2CCNCC2)ccc1C1CCCCC1. The summed E-state index contributed by atoms with van der Waals surface area (Å²) in [6.45, 7) is 5.53. The summed E-state index contributed by atoms with van der Waals surface area (Å²) in [6, 6.07) is 6.78. The molecule has 110 valence electrons. The largest absolute Gasteiger partial charge is 0.314 e. The smallest absolute Gasteiger partial charge is 0.0444 e. The highest BCUT2D eigenvalue weighted by atomic mass is 35.5. The van der Waals surface area contributed by atoms with Crippen LogP contribution in [0.2, 0.25) is 5.02 Å². The van der Waals surface area contributed by atoms with E-state index < -0.39 is 0 Å². The number of hydrogen-bond donors (Lipinski definition) is 1. The first-order valence-electron chi connectivity index (χ1n) is 8.04. The van der Waals surface area contributed by atoms with Crippen LogP contribution in [0.5, 0.6) is 0 Å². The molecule has 0 unspecified atom stereocenters. The van der Waals surface area contributed by atoms with E-state index in [1.54, 1.807) is 0 Å². The molecular formula is C17H25ClN2. The van der Waals surface area contributed by atoms with Crippen LogP contribution in [0, 0.1) is 0 Å². The molecule has 1 aliphatic heterocycles. The van der Waals surface area contributed by atoms with Crippen LogP contribution in [0.25, 0.3) is 0 Å². The van der Waals surface area contributed by atoms with Gasteiger partial charge in [0.2, 0.25) is 0 Å². The highest BCUT2D eigenvalue weighted by molar-refractivity contribution is 6.31. The zero-order valence-electron chi connectivity index (χ0n) is 12.2. The van der Waals surface area contributed by atoms with E-state index in [2.05, 4.69) is 28.4 Å². The first-order chi connectivity index (χ1) is 9.83. The van der Waals surface area contributed by atoms with Gasteiger partial charge in [0.25, 0.3) is 0 Å². The summed E-state index contributed by atoms with van der Waals surface area (Å²) >= 11 is 6.55. The third-order valence-corrected chi connectivity index (χ3v) is 5.05. The maximum atomic E-state index is 6.55. The first-order valence-corrected chi connectivity index (χ1v) is 8.42. The second-order valence-corrected chi connectivity index (χ2v) is 6.62. The molecule has 2 aliphatic rings. The van der Waals surface area contributed by atoms with Gasteiger partial charge in [-0.1, -0.05) is 43.0 Å². The maximum absolute atomic E-state index is 6.55. The Labute approximate surface area is 127 Å². The van der Waals surface area contributed by atoms with Crippen LogP contribution in [-0.2, 0) is 6.54 Å². The number of nitrogens with zero attached hydrogens (tertiary/aromatic N) is 1. The van der Waals surface area contributed by atoms with Gasteiger partial charge in [-0.05, 0) is 36.0 Å². The highest BCUT2D eigenvalue weighted by Crippen LogP contribution is 2.36. The average Bonchev–Trinajstić information content (AvgIpc) is 2.49. The molecule has 2 fully saturated rings. The predicted molar refractivity (Wildman–Crippen MR) is 85.4 cm³/mol. The summed E-state index contributed by atoms with van der Waals surface area (Å²) in [7, 11) is 0. The average molecular weight is 293 g/mol. The van der Waals surface area contributed by atoms with Crippen molar-refractivity contribution in [2.45, 2.75) is 44.6 Å². The van der Waals surface area contributed by atoms with Gasteiger partial charge < -0.3 is 5.32 Å². The third-order valence-electron chi connectivity index (χ3n) is 4.73. The Morgan fingerprint density at radius 3 is 2.55 bits per heavy atom. The van der Waals surface area contributed by atoms with E-state index in [9.17, 15) is 0 Å². The van der Waals surface area contributed by atoms with Gasteiger partial charge in [-0.2, -0.15) is 0 Å². The van der Waals surface area contributed by atoms with Crippen molar-refractivity contribution in [3.63, 3.8) is 0 Å². The lowest BCUT2D eigenvalue weighted by Gasteiger charge is -2.28. The monoisotopic (exact) mass is 292 g/mol. The van der Waals surface area contributed by atoms with Gasteiger partial charge in [0, 0.05) is 37.7 Å². The molecular weight excluding hydrogens is 268 g/mol. The summed E-state index contributed by atoms with van der Waals surface area (Å²) in [6.07, 6.45) is 6.76. The Morgan fingerprint density at radius 2 is 1.85 bits per heavy atom. The lowest BCUT2D eigenvalue weighted by Crippen LogP contribution is -2.42. The van der Waals surface area contributed by atoms with Gasteiger partial charge in [-0.25, -0.2) is 0 Å². The quantitative estimate of drug-likeness (QED) is 0.912. The molecule has 1 saturated heterocycles. The Morgan fingerprint density at radius 1 is 1.10 bits per heavy atom. The lowest BCUT2D eigenvalue weighted by atomic mass is 9.84. The van der Waals surface area contributed by atoms with Crippen molar-refractivity contribution in [2.24, 2.45) is 0 Å². The summed E-state index contributed by atoms with van der Waals surface area (Å²) in [5.41, 5.74) is 2.74. The van der Waals surface area contributed by atoms with Crippen molar-refractivity contribution in [2.75, 3.05) is 26.2 Å². The molecule has 3 heteroatoms. The van der Waals surface area contributed by atoms with E-state index in [-0.39, 0.29) is 0 Å². The fourth-order valence-electron chi connectivity index (χ4n) is 3.54. The minimum absolute atomic E-state index is 0.699. The second-order valence-electron chi connectivity index (χ2n) is 6.22. The first kappa shape index (κ1) is 14.4. The molecule has 1 saturated carbocycles. The van der Waals surface area contributed by atoms with E-state index >= 15 is 0 Å². The van der Waals surface area contributed by atoms with Crippen molar-refractivity contribution in [3.8, 4) is 0 Å². The Bertz CT molecular complexity index is 435. The van der Waals surface area contributed by atoms with Gasteiger partial charge in [0.15, 0.2) is 0 Å². The van der Waals surface area contributed by atoms with Crippen molar-refractivity contribution >= 4 is 11.6 Å². The van der Waals surface area contributed by atoms with Crippen LogP contribution >= 0.6 is 11.6 Å². The molecule has 1 aromatic rings. The summed E-state index contributed by atoms with van der Waals surface area (Å²) in [5.74, 6) is 0.699. The van der Waals surface area contributed by atoms with Crippen LogP contribution in [0.15, 0.2) is 18.2 Å². The molecule has 2 nitrogen and oxygen atoms in total. The van der Waals surface area contributed by atoms with Gasteiger partial charge in [-0.3, -0.25) is 4.90 Å². The molecule has 0 atom stereocenters. The van der Waals surface area contributed by atoms with Gasteiger partial charge in [0.05, 0.1) is 0 Å². The molecule has 0 aromatic heterocycles. The van der Waals surface area contributed by atoms with Gasteiger partial charge >= 0.3 is 0 Å². The van der Waals surface area contributed by atoms with Gasteiger partial charge in [-0.15, -0.1) is 0 Å². The van der Waals surface area contributed by atoms with E-state index in [1.807, 2.05) is 0 Å². The molecule has 1 N–H and O–H groups in total. The minimum Gasteiger partial charge on any atom is -0.314 e. The van der Waals surface area contributed by atoms with Crippen LogP contribution in [-0.4, -0.2) is 31.1 Å². The van der Waals surface area contributed by atoms with E-state index in [1.165, 1.54) is 43.2 Å². The fraction of sp³-hybridized carbons (Fsp3) is 0.647. The summed E-state index contributed by atoms with van der Waals surface area (Å²) in [5, 5.41) is 4.39. The number of piperazine rings is 1. The van der Waals surface area contributed by atoms with E-state index in [0.29, 0.717) is 5.92 Å². The van der Waals surface area contributed by atoms with E-state index in [0.717, 1.165) is 37.7 Å².